The van der Waals surface area contributed by atoms with Crippen LogP contribution in [0.25, 0.3) is 0 Å². The Labute approximate surface area is 80.1 Å². The van der Waals surface area contributed by atoms with Gasteiger partial charge >= 0.3 is 0 Å². The van der Waals surface area contributed by atoms with Gasteiger partial charge in [0.15, 0.2) is 0 Å². The SMILES string of the molecule is CNc1ccc(I)cc1OC. The number of halogens is 1. The summed E-state index contributed by atoms with van der Waals surface area (Å²) < 4.78 is 6.33. The zero-order valence-corrected chi connectivity index (χ0v) is 8.68. The number of ether oxygens (including phenoxy) is 1. The van der Waals surface area contributed by atoms with Gasteiger partial charge in [0.05, 0.1) is 12.8 Å². The largest absolute Gasteiger partial charge is 0.495 e. The van der Waals surface area contributed by atoms with Crippen LogP contribution in [-0.4, -0.2) is 14.2 Å². The standard InChI is InChI=1S/C8H10INO/c1-10-7-4-3-6(9)5-8(7)11-2/h3-5,10H,1-2H3. The molecule has 0 aliphatic rings. The Hall–Kier alpha value is -0.450. The van der Waals surface area contributed by atoms with E-state index in [1.54, 1.807) is 7.11 Å². The topological polar surface area (TPSA) is 21.3 Å². The lowest BCUT2D eigenvalue weighted by atomic mass is 10.3. The summed E-state index contributed by atoms with van der Waals surface area (Å²) in [7, 11) is 3.55. The molecule has 11 heavy (non-hydrogen) atoms. The maximum Gasteiger partial charge on any atom is 0.142 e. The minimum absolute atomic E-state index is 0.888. The maximum atomic E-state index is 5.15. The van der Waals surface area contributed by atoms with E-state index in [4.69, 9.17) is 4.74 Å². The maximum absolute atomic E-state index is 5.15. The summed E-state index contributed by atoms with van der Waals surface area (Å²) in [5.74, 6) is 0.888. The Kier molecular flexibility index (Phi) is 2.99. The van der Waals surface area contributed by atoms with Crippen LogP contribution in [0.4, 0.5) is 5.69 Å². The second-order valence-electron chi connectivity index (χ2n) is 2.09. The molecule has 3 heteroatoms. The highest BCUT2D eigenvalue weighted by Gasteiger charge is 1.99. The zero-order chi connectivity index (χ0) is 8.27. The monoisotopic (exact) mass is 263 g/mol. The summed E-state index contributed by atoms with van der Waals surface area (Å²) in [6.45, 7) is 0. The number of nitrogens with one attached hydrogen (secondary N) is 1. The molecule has 0 atom stereocenters. The van der Waals surface area contributed by atoms with E-state index < -0.39 is 0 Å². The van der Waals surface area contributed by atoms with Crippen LogP contribution in [0, 0.1) is 3.57 Å². The fourth-order valence-electron chi connectivity index (χ4n) is 0.872. The van der Waals surface area contributed by atoms with Gasteiger partial charge in [0, 0.05) is 10.6 Å². The number of benzene rings is 1. The van der Waals surface area contributed by atoms with Crippen molar-refractivity contribution in [3.05, 3.63) is 21.8 Å². The van der Waals surface area contributed by atoms with Gasteiger partial charge in [0.25, 0.3) is 0 Å². The number of hydrogen-bond acceptors (Lipinski definition) is 2. The van der Waals surface area contributed by atoms with Crippen LogP contribution < -0.4 is 10.1 Å². The van der Waals surface area contributed by atoms with Crippen molar-refractivity contribution < 1.29 is 4.74 Å². The summed E-state index contributed by atoms with van der Waals surface area (Å²) in [6, 6.07) is 6.03. The summed E-state index contributed by atoms with van der Waals surface area (Å²) in [5.41, 5.74) is 1.02. The first-order chi connectivity index (χ1) is 5.27. The molecule has 2 nitrogen and oxygen atoms in total. The highest BCUT2D eigenvalue weighted by atomic mass is 127. The molecule has 0 saturated heterocycles. The highest BCUT2D eigenvalue weighted by molar-refractivity contribution is 14.1. The predicted octanol–water partition coefficient (Wildman–Crippen LogP) is 2.34. The van der Waals surface area contributed by atoms with Gasteiger partial charge in [-0.15, -0.1) is 0 Å². The Morgan fingerprint density at radius 3 is 2.73 bits per heavy atom. The van der Waals surface area contributed by atoms with Crippen LogP contribution in [0.5, 0.6) is 5.75 Å². The fraction of sp³-hybridized carbons (Fsp3) is 0.250. The molecule has 0 heterocycles. The molecule has 1 aromatic carbocycles. The number of rotatable bonds is 2. The van der Waals surface area contributed by atoms with E-state index in [2.05, 4.69) is 27.9 Å². The molecule has 0 radical (unpaired) electrons. The van der Waals surface area contributed by atoms with Crippen molar-refractivity contribution in [1.82, 2.24) is 0 Å². The molecule has 0 unspecified atom stereocenters. The molecule has 1 N–H and O–H groups in total. The van der Waals surface area contributed by atoms with Crippen molar-refractivity contribution in [3.8, 4) is 5.75 Å². The van der Waals surface area contributed by atoms with E-state index in [1.165, 1.54) is 3.57 Å². The molecule has 1 aromatic rings. The van der Waals surface area contributed by atoms with Crippen LogP contribution in [0.3, 0.4) is 0 Å². The van der Waals surface area contributed by atoms with Crippen LogP contribution in [0.2, 0.25) is 0 Å². The van der Waals surface area contributed by atoms with E-state index in [0.29, 0.717) is 0 Å². The average Bonchev–Trinajstić information content (AvgIpc) is 2.04. The van der Waals surface area contributed by atoms with Crippen LogP contribution in [0.1, 0.15) is 0 Å². The molecule has 0 aliphatic heterocycles. The third-order valence-electron chi connectivity index (χ3n) is 1.43. The molecule has 1 rings (SSSR count). The summed E-state index contributed by atoms with van der Waals surface area (Å²) in [5, 5.41) is 3.05. The van der Waals surface area contributed by atoms with Gasteiger partial charge in [0.1, 0.15) is 5.75 Å². The molecule has 0 aliphatic carbocycles. The van der Waals surface area contributed by atoms with E-state index in [0.717, 1.165) is 11.4 Å². The first kappa shape index (κ1) is 8.64. The van der Waals surface area contributed by atoms with Gasteiger partial charge in [-0.25, -0.2) is 0 Å². The van der Waals surface area contributed by atoms with Gasteiger partial charge in [-0.05, 0) is 40.8 Å². The van der Waals surface area contributed by atoms with Crippen molar-refractivity contribution in [2.75, 3.05) is 19.5 Å². The summed E-state index contributed by atoms with van der Waals surface area (Å²) in [4.78, 5) is 0. The predicted molar refractivity (Wildman–Crippen MR) is 55.3 cm³/mol. The van der Waals surface area contributed by atoms with Crippen LogP contribution >= 0.6 is 22.6 Å². The molecule has 0 saturated carbocycles. The summed E-state index contributed by atoms with van der Waals surface area (Å²) in [6.07, 6.45) is 0. The van der Waals surface area contributed by atoms with Crippen LogP contribution in [-0.2, 0) is 0 Å². The minimum atomic E-state index is 0.888. The number of hydrogen-bond donors (Lipinski definition) is 1. The van der Waals surface area contributed by atoms with E-state index in [-0.39, 0.29) is 0 Å². The first-order valence-electron chi connectivity index (χ1n) is 3.29. The van der Waals surface area contributed by atoms with Gasteiger partial charge < -0.3 is 10.1 Å². The van der Waals surface area contributed by atoms with Crippen LogP contribution in [0.15, 0.2) is 18.2 Å². The number of anilines is 1. The number of methoxy groups -OCH3 is 1. The van der Waals surface area contributed by atoms with E-state index in [1.807, 2.05) is 25.2 Å². The minimum Gasteiger partial charge on any atom is -0.495 e. The first-order valence-corrected chi connectivity index (χ1v) is 4.37. The lowest BCUT2D eigenvalue weighted by molar-refractivity contribution is 0.416. The van der Waals surface area contributed by atoms with E-state index >= 15 is 0 Å². The molecular weight excluding hydrogens is 253 g/mol. The summed E-state index contributed by atoms with van der Waals surface area (Å²) >= 11 is 2.25. The highest BCUT2D eigenvalue weighted by Crippen LogP contribution is 2.25. The van der Waals surface area contributed by atoms with Gasteiger partial charge in [-0.2, -0.15) is 0 Å². The zero-order valence-electron chi connectivity index (χ0n) is 6.52. The Balaban J connectivity index is 3.06. The van der Waals surface area contributed by atoms with Crippen molar-refractivity contribution >= 4 is 28.3 Å². The second-order valence-corrected chi connectivity index (χ2v) is 3.34. The fourth-order valence-corrected chi connectivity index (χ4v) is 1.33. The molecule has 0 aromatic heterocycles. The Bertz CT molecular complexity index is 250. The third kappa shape index (κ3) is 1.99. The molecule has 0 spiro atoms. The van der Waals surface area contributed by atoms with Crippen molar-refractivity contribution in [3.63, 3.8) is 0 Å². The molecule has 0 bridgehead atoms. The molecular formula is C8H10INO. The van der Waals surface area contributed by atoms with E-state index in [9.17, 15) is 0 Å². The van der Waals surface area contributed by atoms with Gasteiger partial charge in [-0.1, -0.05) is 0 Å². The third-order valence-corrected chi connectivity index (χ3v) is 2.10. The van der Waals surface area contributed by atoms with Crippen molar-refractivity contribution in [1.29, 1.82) is 0 Å². The molecule has 0 fully saturated rings. The van der Waals surface area contributed by atoms with Crippen molar-refractivity contribution in [2.45, 2.75) is 0 Å². The lowest BCUT2D eigenvalue weighted by Crippen LogP contribution is -1.93. The molecule has 0 amide bonds. The van der Waals surface area contributed by atoms with Gasteiger partial charge in [-0.3, -0.25) is 0 Å². The second kappa shape index (κ2) is 3.80. The normalized spacial score (nSPS) is 9.36. The van der Waals surface area contributed by atoms with Gasteiger partial charge in [0.2, 0.25) is 0 Å². The Morgan fingerprint density at radius 2 is 2.18 bits per heavy atom. The Morgan fingerprint density at radius 1 is 1.45 bits per heavy atom. The smallest absolute Gasteiger partial charge is 0.142 e. The lowest BCUT2D eigenvalue weighted by Gasteiger charge is -2.07. The quantitative estimate of drug-likeness (QED) is 0.827. The average molecular weight is 263 g/mol. The van der Waals surface area contributed by atoms with Crippen molar-refractivity contribution in [2.24, 2.45) is 0 Å². The molecule has 60 valence electrons.